The molecule has 1 aromatic heterocycles. The first kappa shape index (κ1) is 22.5. The Kier molecular flexibility index (Phi) is 7.91. The summed E-state index contributed by atoms with van der Waals surface area (Å²) in [7, 11) is 0. The number of ether oxygens (including phenoxy) is 2. The summed E-state index contributed by atoms with van der Waals surface area (Å²) < 4.78 is 25.5. The van der Waals surface area contributed by atoms with E-state index in [1.807, 2.05) is 52.1 Å². The van der Waals surface area contributed by atoms with Crippen molar-refractivity contribution in [2.24, 2.45) is 0 Å². The molecule has 4 rings (SSSR count). The molecule has 1 amide bonds. The zero-order chi connectivity index (χ0) is 22.2. The van der Waals surface area contributed by atoms with Crippen molar-refractivity contribution in [2.45, 2.75) is 38.3 Å². The molecule has 0 aliphatic carbocycles. The molecule has 1 saturated heterocycles. The lowest BCUT2D eigenvalue weighted by molar-refractivity contribution is -0.132. The largest absolute Gasteiger partial charge is 0.493 e. The van der Waals surface area contributed by atoms with Gasteiger partial charge in [-0.15, -0.1) is 0 Å². The van der Waals surface area contributed by atoms with Gasteiger partial charge in [-0.2, -0.15) is 11.3 Å². The Bertz CT molecular complexity index is 1000. The molecule has 1 atom stereocenters. The third-order valence-corrected chi connectivity index (χ3v) is 6.34. The Morgan fingerprint density at radius 1 is 1.16 bits per heavy atom. The van der Waals surface area contributed by atoms with Gasteiger partial charge in [-0.3, -0.25) is 4.79 Å². The molecule has 1 aliphatic heterocycles. The zero-order valence-electron chi connectivity index (χ0n) is 18.0. The van der Waals surface area contributed by atoms with Crippen molar-refractivity contribution in [3.8, 4) is 5.75 Å². The molecule has 0 spiro atoms. The van der Waals surface area contributed by atoms with Gasteiger partial charge in [0.1, 0.15) is 11.6 Å². The van der Waals surface area contributed by atoms with E-state index in [2.05, 4.69) is 0 Å². The minimum Gasteiger partial charge on any atom is -0.493 e. The number of hydrogen-bond acceptors (Lipinski definition) is 4. The number of amides is 1. The highest BCUT2D eigenvalue weighted by Crippen LogP contribution is 2.20. The van der Waals surface area contributed by atoms with E-state index >= 15 is 0 Å². The van der Waals surface area contributed by atoms with Crippen molar-refractivity contribution in [1.82, 2.24) is 4.90 Å². The smallest absolute Gasteiger partial charge is 0.227 e. The lowest BCUT2D eigenvalue weighted by Crippen LogP contribution is -2.37. The standard InChI is InChI=1S/C26H28FNO3S/c27-25-9-2-1-6-22(25)10-13-31-23-7-3-5-20(15-23)17-28(18-24-8-4-12-30-24)26(29)16-21-11-14-32-19-21/h1-3,5-7,9,11,14-15,19,24H,4,8,10,12-13,16-18H2/t24-/m1/s1. The fraction of sp³-hybridized carbons (Fsp3) is 0.346. The summed E-state index contributed by atoms with van der Waals surface area (Å²) in [6, 6.07) is 16.5. The number of thiophene rings is 1. The Morgan fingerprint density at radius 3 is 2.84 bits per heavy atom. The first-order valence-electron chi connectivity index (χ1n) is 11.0. The molecular formula is C26H28FNO3S. The van der Waals surface area contributed by atoms with Crippen LogP contribution in [0.4, 0.5) is 4.39 Å². The van der Waals surface area contributed by atoms with Crippen molar-refractivity contribution in [3.63, 3.8) is 0 Å². The van der Waals surface area contributed by atoms with E-state index in [-0.39, 0.29) is 17.8 Å². The fourth-order valence-electron chi connectivity index (χ4n) is 3.90. The van der Waals surface area contributed by atoms with E-state index in [9.17, 15) is 9.18 Å². The van der Waals surface area contributed by atoms with Crippen LogP contribution >= 0.6 is 11.3 Å². The molecule has 1 aliphatic rings. The average molecular weight is 454 g/mol. The topological polar surface area (TPSA) is 38.8 Å². The highest BCUT2D eigenvalue weighted by molar-refractivity contribution is 7.08. The molecule has 0 bridgehead atoms. The van der Waals surface area contributed by atoms with Gasteiger partial charge < -0.3 is 14.4 Å². The number of benzene rings is 2. The van der Waals surface area contributed by atoms with Crippen molar-refractivity contribution in [3.05, 3.63) is 87.9 Å². The predicted octanol–water partition coefficient (Wildman–Crippen LogP) is 5.26. The Hall–Kier alpha value is -2.70. The van der Waals surface area contributed by atoms with Gasteiger partial charge >= 0.3 is 0 Å². The lowest BCUT2D eigenvalue weighted by atomic mass is 10.1. The molecule has 0 unspecified atom stereocenters. The summed E-state index contributed by atoms with van der Waals surface area (Å²) in [4.78, 5) is 15.0. The van der Waals surface area contributed by atoms with Crippen LogP contribution < -0.4 is 4.74 Å². The maximum atomic E-state index is 13.8. The lowest BCUT2D eigenvalue weighted by Gasteiger charge is -2.26. The minimum absolute atomic E-state index is 0.0987. The second kappa shape index (κ2) is 11.2. The number of nitrogens with zero attached hydrogens (tertiary/aromatic N) is 1. The van der Waals surface area contributed by atoms with Gasteiger partial charge in [0, 0.05) is 26.1 Å². The van der Waals surface area contributed by atoms with Gasteiger partial charge in [0.05, 0.1) is 19.1 Å². The summed E-state index contributed by atoms with van der Waals surface area (Å²) in [5.74, 6) is 0.615. The molecular weight excluding hydrogens is 425 g/mol. The number of rotatable bonds is 10. The fourth-order valence-corrected chi connectivity index (χ4v) is 4.57. The average Bonchev–Trinajstić information content (AvgIpc) is 3.49. The summed E-state index contributed by atoms with van der Waals surface area (Å²) in [5.41, 5.74) is 2.69. The molecule has 32 heavy (non-hydrogen) atoms. The summed E-state index contributed by atoms with van der Waals surface area (Å²) >= 11 is 1.60. The maximum absolute atomic E-state index is 13.8. The molecule has 4 nitrogen and oxygen atoms in total. The zero-order valence-corrected chi connectivity index (χ0v) is 18.9. The molecule has 0 radical (unpaired) electrons. The maximum Gasteiger partial charge on any atom is 0.227 e. The normalized spacial score (nSPS) is 15.6. The van der Waals surface area contributed by atoms with E-state index in [0.29, 0.717) is 38.1 Å². The Morgan fingerprint density at radius 2 is 2.06 bits per heavy atom. The molecule has 168 valence electrons. The molecule has 2 heterocycles. The van der Waals surface area contributed by atoms with E-state index in [4.69, 9.17) is 9.47 Å². The SMILES string of the molecule is O=C(Cc1ccsc1)N(Cc1cccc(OCCc2ccccc2F)c1)C[C@H]1CCCO1. The van der Waals surface area contributed by atoms with Crippen LogP contribution in [0.5, 0.6) is 5.75 Å². The number of carbonyl (C=O) groups excluding carboxylic acids is 1. The van der Waals surface area contributed by atoms with E-state index in [1.165, 1.54) is 6.07 Å². The molecule has 1 fully saturated rings. The third kappa shape index (κ3) is 6.40. The van der Waals surface area contributed by atoms with Gasteiger partial charge in [0.2, 0.25) is 5.91 Å². The molecule has 6 heteroatoms. The van der Waals surface area contributed by atoms with E-state index in [1.54, 1.807) is 23.5 Å². The van der Waals surface area contributed by atoms with Crippen LogP contribution in [-0.4, -0.2) is 36.7 Å². The van der Waals surface area contributed by atoms with Crippen LogP contribution in [0.15, 0.2) is 65.4 Å². The van der Waals surface area contributed by atoms with Crippen LogP contribution in [0.25, 0.3) is 0 Å². The highest BCUT2D eigenvalue weighted by Gasteiger charge is 2.23. The molecule has 0 saturated carbocycles. The molecule has 3 aromatic rings. The van der Waals surface area contributed by atoms with E-state index < -0.39 is 0 Å². The Labute approximate surface area is 192 Å². The van der Waals surface area contributed by atoms with Crippen LogP contribution in [0.1, 0.15) is 29.5 Å². The predicted molar refractivity (Wildman–Crippen MR) is 124 cm³/mol. The van der Waals surface area contributed by atoms with Crippen molar-refractivity contribution < 1.29 is 18.7 Å². The first-order valence-corrected chi connectivity index (χ1v) is 12.0. The summed E-state index contributed by atoms with van der Waals surface area (Å²) in [5, 5.41) is 4.02. The van der Waals surface area contributed by atoms with Crippen LogP contribution in [-0.2, 0) is 28.9 Å². The van der Waals surface area contributed by atoms with Crippen molar-refractivity contribution in [2.75, 3.05) is 19.8 Å². The van der Waals surface area contributed by atoms with Gasteiger partial charge in [-0.05, 0) is 64.6 Å². The second-order valence-corrected chi connectivity index (χ2v) is 8.83. The van der Waals surface area contributed by atoms with Crippen LogP contribution in [0, 0.1) is 5.82 Å². The van der Waals surface area contributed by atoms with Gasteiger partial charge in [-0.25, -0.2) is 4.39 Å². The second-order valence-electron chi connectivity index (χ2n) is 8.05. The monoisotopic (exact) mass is 453 g/mol. The summed E-state index contributed by atoms with van der Waals surface area (Å²) in [6.07, 6.45) is 3.03. The quantitative estimate of drug-likeness (QED) is 0.420. The highest BCUT2D eigenvalue weighted by atomic mass is 32.1. The van der Waals surface area contributed by atoms with Crippen molar-refractivity contribution in [1.29, 1.82) is 0 Å². The number of hydrogen-bond donors (Lipinski definition) is 0. The van der Waals surface area contributed by atoms with Gasteiger partial charge in [0.15, 0.2) is 0 Å². The van der Waals surface area contributed by atoms with Gasteiger partial charge in [-0.1, -0.05) is 30.3 Å². The van der Waals surface area contributed by atoms with Crippen LogP contribution in [0.2, 0.25) is 0 Å². The summed E-state index contributed by atoms with van der Waals surface area (Å²) in [6.45, 7) is 2.26. The first-order chi connectivity index (χ1) is 15.7. The van der Waals surface area contributed by atoms with Gasteiger partial charge in [0.25, 0.3) is 0 Å². The Balaban J connectivity index is 1.38. The van der Waals surface area contributed by atoms with Crippen LogP contribution in [0.3, 0.4) is 0 Å². The number of carbonyl (C=O) groups is 1. The van der Waals surface area contributed by atoms with Crippen molar-refractivity contribution >= 4 is 17.2 Å². The number of halogens is 1. The van der Waals surface area contributed by atoms with E-state index in [0.717, 1.165) is 36.3 Å². The third-order valence-electron chi connectivity index (χ3n) is 5.61. The molecule has 0 N–H and O–H groups in total. The minimum atomic E-state index is -0.209. The molecule has 2 aromatic carbocycles.